The minimum Gasteiger partial charge on any atom is -0.370 e. The van der Waals surface area contributed by atoms with Gasteiger partial charge < -0.3 is 11.5 Å². The lowest BCUT2D eigenvalue weighted by atomic mass is 10.1. The number of hydrogen-bond acceptors (Lipinski definition) is 2. The normalized spacial score (nSPS) is 11.6. The van der Waals surface area contributed by atoms with Crippen molar-refractivity contribution >= 4 is 11.9 Å². The van der Waals surface area contributed by atoms with Crippen LogP contribution in [-0.2, 0) is 0 Å². The van der Waals surface area contributed by atoms with E-state index in [-0.39, 0.29) is 11.9 Å². The fourth-order valence-electron chi connectivity index (χ4n) is 2.33. The van der Waals surface area contributed by atoms with Gasteiger partial charge in [-0.1, -0.05) is 77.6 Å². The van der Waals surface area contributed by atoms with Crippen LogP contribution >= 0.6 is 0 Å². The van der Waals surface area contributed by atoms with Gasteiger partial charge in [-0.3, -0.25) is 15.7 Å². The Morgan fingerprint density at radius 3 is 1.67 bits per heavy atom. The summed E-state index contributed by atoms with van der Waals surface area (Å²) in [6, 6.07) is 0. The molecule has 0 rings (SSSR count). The Kier molecular flexibility index (Phi) is 14.2. The standard InChI is InChI=1S/C16H35N5/c1-2-3-4-5-6-7-8-9-10-11-12-13-14-20-16(19)21-15(17)18/h2-14H2,1H3,(H6,17,18,19,20,21). The molecule has 0 aliphatic heterocycles. The number of nitrogens with two attached hydrogens (primary N) is 2. The van der Waals surface area contributed by atoms with Crippen molar-refractivity contribution < 1.29 is 0 Å². The monoisotopic (exact) mass is 297 g/mol. The van der Waals surface area contributed by atoms with Gasteiger partial charge in [0.25, 0.3) is 0 Å². The van der Waals surface area contributed by atoms with Crippen LogP contribution < -0.4 is 16.8 Å². The van der Waals surface area contributed by atoms with E-state index in [1.165, 1.54) is 70.6 Å². The Bertz CT molecular complexity index is 276. The molecule has 0 atom stereocenters. The molecule has 0 aliphatic rings. The summed E-state index contributed by atoms with van der Waals surface area (Å²) in [5.41, 5.74) is 10.7. The van der Waals surface area contributed by atoms with Crippen molar-refractivity contribution in [3.8, 4) is 0 Å². The SMILES string of the molecule is CCCCCCCCCCCCCCN=C(N)NC(=N)N. The van der Waals surface area contributed by atoms with E-state index in [1.807, 2.05) is 0 Å². The molecule has 0 spiro atoms. The molecule has 0 amide bonds. The van der Waals surface area contributed by atoms with Crippen molar-refractivity contribution in [1.29, 1.82) is 5.41 Å². The smallest absolute Gasteiger partial charge is 0.195 e. The molecule has 5 heteroatoms. The van der Waals surface area contributed by atoms with E-state index in [9.17, 15) is 0 Å². The number of aliphatic imine (C=N–C) groups is 1. The second-order valence-electron chi connectivity index (χ2n) is 5.69. The average molecular weight is 297 g/mol. The maximum absolute atomic E-state index is 7.00. The highest BCUT2D eigenvalue weighted by molar-refractivity contribution is 5.95. The molecular formula is C16H35N5. The molecule has 124 valence electrons. The van der Waals surface area contributed by atoms with E-state index in [4.69, 9.17) is 16.9 Å². The Hall–Kier alpha value is -1.26. The molecule has 21 heavy (non-hydrogen) atoms. The molecule has 0 unspecified atom stereocenters. The molecule has 0 saturated carbocycles. The van der Waals surface area contributed by atoms with Crippen molar-refractivity contribution in [2.45, 2.75) is 84.0 Å². The Morgan fingerprint density at radius 1 is 0.810 bits per heavy atom. The first-order valence-corrected chi connectivity index (χ1v) is 8.57. The molecule has 0 saturated heterocycles. The molecule has 6 N–H and O–H groups in total. The van der Waals surface area contributed by atoms with E-state index in [1.54, 1.807) is 0 Å². The van der Waals surface area contributed by atoms with Gasteiger partial charge in [-0.25, -0.2) is 0 Å². The fourth-order valence-corrected chi connectivity index (χ4v) is 2.33. The van der Waals surface area contributed by atoms with E-state index < -0.39 is 0 Å². The van der Waals surface area contributed by atoms with Crippen LogP contribution in [0.3, 0.4) is 0 Å². The summed E-state index contributed by atoms with van der Waals surface area (Å²) >= 11 is 0. The topological polar surface area (TPSA) is 100 Å². The molecule has 0 aromatic rings. The highest BCUT2D eigenvalue weighted by Crippen LogP contribution is 2.11. The zero-order valence-corrected chi connectivity index (χ0v) is 13.8. The number of guanidine groups is 2. The summed E-state index contributed by atoms with van der Waals surface area (Å²) in [6.07, 6.45) is 16.0. The van der Waals surface area contributed by atoms with Crippen molar-refractivity contribution in [2.24, 2.45) is 16.5 Å². The first-order valence-electron chi connectivity index (χ1n) is 8.57. The van der Waals surface area contributed by atoms with Gasteiger partial charge >= 0.3 is 0 Å². The van der Waals surface area contributed by atoms with Gasteiger partial charge in [-0.2, -0.15) is 0 Å². The van der Waals surface area contributed by atoms with E-state index >= 15 is 0 Å². The third kappa shape index (κ3) is 16.7. The van der Waals surface area contributed by atoms with Crippen molar-refractivity contribution in [3.05, 3.63) is 0 Å². The van der Waals surface area contributed by atoms with Crippen LogP contribution in [0.15, 0.2) is 4.99 Å². The lowest BCUT2D eigenvalue weighted by Crippen LogP contribution is -2.40. The van der Waals surface area contributed by atoms with Gasteiger partial charge in [-0.05, 0) is 6.42 Å². The van der Waals surface area contributed by atoms with Gasteiger partial charge in [0, 0.05) is 6.54 Å². The molecule has 0 aliphatic carbocycles. The van der Waals surface area contributed by atoms with Gasteiger partial charge in [-0.15, -0.1) is 0 Å². The van der Waals surface area contributed by atoms with E-state index in [0.29, 0.717) is 6.54 Å². The second kappa shape index (κ2) is 15.1. The van der Waals surface area contributed by atoms with Gasteiger partial charge in [0.05, 0.1) is 0 Å². The van der Waals surface area contributed by atoms with Gasteiger partial charge in [0.2, 0.25) is 0 Å². The second-order valence-corrected chi connectivity index (χ2v) is 5.69. The molecule has 5 nitrogen and oxygen atoms in total. The predicted molar refractivity (Wildman–Crippen MR) is 92.6 cm³/mol. The van der Waals surface area contributed by atoms with Crippen LogP contribution in [0, 0.1) is 5.41 Å². The maximum atomic E-state index is 7.00. The molecule has 0 aromatic carbocycles. The van der Waals surface area contributed by atoms with Crippen LogP contribution in [0.1, 0.15) is 84.0 Å². The summed E-state index contributed by atoms with van der Waals surface area (Å²) < 4.78 is 0. The van der Waals surface area contributed by atoms with Crippen LogP contribution in [0.25, 0.3) is 0 Å². The number of rotatable bonds is 13. The van der Waals surface area contributed by atoms with Crippen LogP contribution in [0.5, 0.6) is 0 Å². The lowest BCUT2D eigenvalue weighted by molar-refractivity contribution is 0.545. The van der Waals surface area contributed by atoms with Crippen LogP contribution in [0.2, 0.25) is 0 Å². The summed E-state index contributed by atoms with van der Waals surface area (Å²) in [5, 5.41) is 9.48. The third-order valence-corrected chi connectivity index (χ3v) is 3.56. The number of unbranched alkanes of at least 4 members (excludes halogenated alkanes) is 11. The molecule has 0 heterocycles. The van der Waals surface area contributed by atoms with Crippen molar-refractivity contribution in [3.63, 3.8) is 0 Å². The fraction of sp³-hybridized carbons (Fsp3) is 0.875. The molecule has 0 radical (unpaired) electrons. The molecule has 0 aromatic heterocycles. The van der Waals surface area contributed by atoms with Crippen molar-refractivity contribution in [2.75, 3.05) is 6.54 Å². The van der Waals surface area contributed by atoms with Gasteiger partial charge in [0.1, 0.15) is 0 Å². The summed E-state index contributed by atoms with van der Waals surface area (Å²) in [7, 11) is 0. The Balaban J connectivity index is 3.17. The lowest BCUT2D eigenvalue weighted by Gasteiger charge is -2.03. The largest absolute Gasteiger partial charge is 0.370 e. The summed E-state index contributed by atoms with van der Waals surface area (Å²) in [5.74, 6) is 0.0801. The minimum atomic E-state index is -0.161. The quantitative estimate of drug-likeness (QED) is 0.238. The summed E-state index contributed by atoms with van der Waals surface area (Å²) in [6.45, 7) is 2.98. The first kappa shape index (κ1) is 19.7. The number of nitrogens with zero attached hydrogens (tertiary/aromatic N) is 1. The average Bonchev–Trinajstić information content (AvgIpc) is 2.43. The molecule has 0 fully saturated rings. The van der Waals surface area contributed by atoms with Crippen molar-refractivity contribution in [1.82, 2.24) is 5.32 Å². The number of nitrogens with one attached hydrogen (secondary N) is 2. The van der Waals surface area contributed by atoms with Crippen LogP contribution in [0.4, 0.5) is 0 Å². The first-order chi connectivity index (χ1) is 10.2. The maximum Gasteiger partial charge on any atom is 0.195 e. The molecule has 0 bridgehead atoms. The van der Waals surface area contributed by atoms with Crippen LogP contribution in [-0.4, -0.2) is 18.5 Å². The molecular weight excluding hydrogens is 262 g/mol. The zero-order valence-electron chi connectivity index (χ0n) is 13.8. The van der Waals surface area contributed by atoms with Gasteiger partial charge in [0.15, 0.2) is 11.9 Å². The van der Waals surface area contributed by atoms with E-state index in [0.717, 1.165) is 6.42 Å². The van der Waals surface area contributed by atoms with E-state index in [2.05, 4.69) is 17.2 Å². The highest BCUT2D eigenvalue weighted by Gasteiger charge is 1.94. The predicted octanol–water partition coefficient (Wildman–Crippen LogP) is 3.49. The Labute approximate surface area is 130 Å². The Morgan fingerprint density at radius 2 is 1.24 bits per heavy atom. The minimum absolute atomic E-state index is 0.161. The summed E-state index contributed by atoms with van der Waals surface area (Å²) in [4.78, 5) is 4.11. The number of hydrogen-bond donors (Lipinski definition) is 4. The zero-order chi connectivity index (χ0) is 15.8. The third-order valence-electron chi connectivity index (χ3n) is 3.56. The highest BCUT2D eigenvalue weighted by atomic mass is 15.2.